The van der Waals surface area contributed by atoms with E-state index in [2.05, 4.69) is 4.98 Å². The van der Waals surface area contributed by atoms with Gasteiger partial charge in [-0.05, 0) is 18.6 Å². The summed E-state index contributed by atoms with van der Waals surface area (Å²) in [6, 6.07) is 7.81. The molecule has 0 spiro atoms. The number of aromatic amines is 1. The van der Waals surface area contributed by atoms with Gasteiger partial charge in [0.2, 0.25) is 11.8 Å². The number of hydrogen-bond donors (Lipinski definition) is 2. The minimum absolute atomic E-state index is 0.0301. The highest BCUT2D eigenvalue weighted by atomic mass is 16.2. The zero-order chi connectivity index (χ0) is 13.8. The van der Waals surface area contributed by atoms with Crippen molar-refractivity contribution in [3.05, 3.63) is 36.0 Å². The predicted molar refractivity (Wildman–Crippen MR) is 73.5 cm³/mol. The zero-order valence-corrected chi connectivity index (χ0v) is 10.8. The topological polar surface area (TPSA) is 79.2 Å². The molecule has 0 unspecified atom stereocenters. The Morgan fingerprint density at radius 3 is 2.74 bits per heavy atom. The van der Waals surface area contributed by atoms with E-state index in [1.165, 1.54) is 4.90 Å². The molecule has 0 aliphatic rings. The van der Waals surface area contributed by atoms with Crippen LogP contribution in [0.25, 0.3) is 10.9 Å². The van der Waals surface area contributed by atoms with Gasteiger partial charge in [0.15, 0.2) is 0 Å². The Morgan fingerprint density at radius 2 is 2.05 bits per heavy atom. The van der Waals surface area contributed by atoms with Gasteiger partial charge in [0.25, 0.3) is 0 Å². The Hall–Kier alpha value is -2.30. The number of likely N-dealkylation sites (N-methyl/N-ethyl adjacent to an activating group) is 1. The summed E-state index contributed by atoms with van der Waals surface area (Å²) in [5, 5.41) is 1.03. The summed E-state index contributed by atoms with van der Waals surface area (Å²) in [7, 11) is 0. The van der Waals surface area contributed by atoms with E-state index in [9.17, 15) is 9.59 Å². The van der Waals surface area contributed by atoms with Gasteiger partial charge in [-0.3, -0.25) is 9.59 Å². The zero-order valence-electron chi connectivity index (χ0n) is 10.8. The number of nitrogens with zero attached hydrogens (tertiary/aromatic N) is 1. The molecule has 1 aromatic heterocycles. The Balaban J connectivity index is 2.16. The Morgan fingerprint density at radius 1 is 1.32 bits per heavy atom. The molecule has 0 aliphatic heterocycles. The Bertz CT molecular complexity index is 604. The van der Waals surface area contributed by atoms with Crippen LogP contribution in [0, 0.1) is 0 Å². The van der Waals surface area contributed by atoms with Crippen LogP contribution < -0.4 is 5.73 Å². The lowest BCUT2D eigenvalue weighted by molar-refractivity contribution is -0.134. The molecule has 0 fully saturated rings. The number of aromatic nitrogens is 1. The normalized spacial score (nSPS) is 10.6. The first-order chi connectivity index (χ1) is 9.11. The van der Waals surface area contributed by atoms with Crippen LogP contribution in [0.4, 0.5) is 0 Å². The van der Waals surface area contributed by atoms with E-state index < -0.39 is 5.91 Å². The molecule has 19 heavy (non-hydrogen) atoms. The molecule has 0 bridgehead atoms. The summed E-state index contributed by atoms with van der Waals surface area (Å²) < 4.78 is 0. The second-order valence-corrected chi connectivity index (χ2v) is 4.41. The Labute approximate surface area is 111 Å². The number of nitrogens with two attached hydrogens (primary N) is 1. The van der Waals surface area contributed by atoms with E-state index in [1.54, 1.807) is 0 Å². The lowest BCUT2D eigenvalue weighted by Crippen LogP contribution is -2.39. The van der Waals surface area contributed by atoms with Gasteiger partial charge in [0.1, 0.15) is 0 Å². The van der Waals surface area contributed by atoms with Gasteiger partial charge in [-0.25, -0.2) is 0 Å². The van der Waals surface area contributed by atoms with Crippen LogP contribution in [-0.4, -0.2) is 34.8 Å². The number of carbonyl (C=O) groups excluding carboxylic acids is 2. The number of H-pyrrole nitrogens is 1. The first-order valence-corrected chi connectivity index (χ1v) is 6.23. The number of fused-ring (bicyclic) bond motifs is 1. The highest BCUT2D eigenvalue weighted by Crippen LogP contribution is 2.18. The average Bonchev–Trinajstić information content (AvgIpc) is 2.79. The molecule has 2 aromatic rings. The number of benzene rings is 1. The number of hydrogen-bond acceptors (Lipinski definition) is 2. The smallest absolute Gasteiger partial charge is 0.237 e. The standard InChI is InChI=1S/C14H17N3O2/c1-2-17(9-13(15)18)14(19)7-10-8-16-12-6-4-3-5-11(10)12/h3-6,8,16H,2,7,9H2,1H3,(H2,15,18). The molecule has 3 N–H and O–H groups in total. The van der Waals surface area contributed by atoms with Crippen molar-refractivity contribution in [1.82, 2.24) is 9.88 Å². The first kappa shape index (κ1) is 13.1. The molecule has 5 heteroatoms. The van der Waals surface area contributed by atoms with Crippen LogP contribution in [0.5, 0.6) is 0 Å². The Kier molecular flexibility index (Phi) is 3.85. The molecule has 1 aromatic carbocycles. The van der Waals surface area contributed by atoms with Gasteiger partial charge in [0, 0.05) is 23.6 Å². The van der Waals surface area contributed by atoms with E-state index in [0.717, 1.165) is 16.5 Å². The van der Waals surface area contributed by atoms with Crippen LogP contribution in [0.1, 0.15) is 12.5 Å². The summed E-state index contributed by atoms with van der Waals surface area (Å²) in [6.45, 7) is 2.28. The van der Waals surface area contributed by atoms with Crippen LogP contribution in [0.2, 0.25) is 0 Å². The van der Waals surface area contributed by atoms with E-state index in [1.807, 2.05) is 37.4 Å². The monoisotopic (exact) mass is 259 g/mol. The van der Waals surface area contributed by atoms with Gasteiger partial charge in [0.05, 0.1) is 13.0 Å². The maximum absolute atomic E-state index is 12.1. The molecule has 100 valence electrons. The van der Waals surface area contributed by atoms with Crippen molar-refractivity contribution in [1.29, 1.82) is 0 Å². The highest BCUT2D eigenvalue weighted by Gasteiger charge is 2.16. The lowest BCUT2D eigenvalue weighted by atomic mass is 10.1. The number of nitrogens with one attached hydrogen (secondary N) is 1. The fourth-order valence-corrected chi connectivity index (χ4v) is 2.12. The molecule has 0 atom stereocenters. The van der Waals surface area contributed by atoms with E-state index >= 15 is 0 Å². The van der Waals surface area contributed by atoms with Crippen molar-refractivity contribution in [2.45, 2.75) is 13.3 Å². The number of rotatable bonds is 5. The summed E-state index contributed by atoms with van der Waals surface area (Å²) >= 11 is 0. The molecule has 0 saturated heterocycles. The third-order valence-electron chi connectivity index (χ3n) is 3.10. The van der Waals surface area contributed by atoms with Gasteiger partial charge < -0.3 is 15.6 Å². The third kappa shape index (κ3) is 2.93. The average molecular weight is 259 g/mol. The largest absolute Gasteiger partial charge is 0.368 e. The number of carbonyl (C=O) groups is 2. The van der Waals surface area contributed by atoms with Crippen LogP contribution in [0.15, 0.2) is 30.5 Å². The van der Waals surface area contributed by atoms with Crippen molar-refractivity contribution in [3.8, 4) is 0 Å². The van der Waals surface area contributed by atoms with Crippen LogP contribution in [0.3, 0.4) is 0 Å². The molecule has 2 amide bonds. The first-order valence-electron chi connectivity index (χ1n) is 6.23. The predicted octanol–water partition coefficient (Wildman–Crippen LogP) is 1.04. The second-order valence-electron chi connectivity index (χ2n) is 4.41. The SMILES string of the molecule is CCN(CC(N)=O)C(=O)Cc1c[nH]c2ccccc12. The van der Waals surface area contributed by atoms with Gasteiger partial charge >= 0.3 is 0 Å². The summed E-state index contributed by atoms with van der Waals surface area (Å²) in [4.78, 5) is 27.6. The highest BCUT2D eigenvalue weighted by molar-refractivity contribution is 5.90. The maximum atomic E-state index is 12.1. The molecule has 1 heterocycles. The van der Waals surface area contributed by atoms with Crippen molar-refractivity contribution < 1.29 is 9.59 Å². The maximum Gasteiger partial charge on any atom is 0.237 e. The number of para-hydroxylation sites is 1. The lowest BCUT2D eigenvalue weighted by Gasteiger charge is -2.18. The van der Waals surface area contributed by atoms with Crippen molar-refractivity contribution >= 4 is 22.7 Å². The third-order valence-corrected chi connectivity index (χ3v) is 3.10. The van der Waals surface area contributed by atoms with Crippen molar-refractivity contribution in [2.75, 3.05) is 13.1 Å². The molecular weight excluding hydrogens is 242 g/mol. The molecule has 5 nitrogen and oxygen atoms in total. The number of amides is 2. The van der Waals surface area contributed by atoms with E-state index in [-0.39, 0.29) is 18.9 Å². The van der Waals surface area contributed by atoms with Crippen molar-refractivity contribution in [3.63, 3.8) is 0 Å². The second kappa shape index (κ2) is 5.56. The van der Waals surface area contributed by atoms with Gasteiger partial charge in [-0.1, -0.05) is 18.2 Å². The van der Waals surface area contributed by atoms with Gasteiger partial charge in [-0.15, -0.1) is 0 Å². The quantitative estimate of drug-likeness (QED) is 0.841. The van der Waals surface area contributed by atoms with Crippen molar-refractivity contribution in [2.24, 2.45) is 5.73 Å². The molecule has 0 saturated carbocycles. The van der Waals surface area contributed by atoms with E-state index in [4.69, 9.17) is 5.73 Å². The van der Waals surface area contributed by atoms with Gasteiger partial charge in [-0.2, -0.15) is 0 Å². The fraction of sp³-hybridized carbons (Fsp3) is 0.286. The molecule has 2 rings (SSSR count). The summed E-state index contributed by atoms with van der Waals surface area (Å²) in [5.41, 5.74) is 7.07. The molecule has 0 radical (unpaired) electrons. The molecule has 0 aliphatic carbocycles. The summed E-state index contributed by atoms with van der Waals surface area (Å²) in [6.07, 6.45) is 2.10. The summed E-state index contributed by atoms with van der Waals surface area (Å²) in [5.74, 6) is -0.583. The van der Waals surface area contributed by atoms with E-state index in [0.29, 0.717) is 6.54 Å². The minimum atomic E-state index is -0.492. The minimum Gasteiger partial charge on any atom is -0.368 e. The van der Waals surface area contributed by atoms with Crippen LogP contribution >= 0.6 is 0 Å². The fourth-order valence-electron chi connectivity index (χ4n) is 2.12. The van der Waals surface area contributed by atoms with Crippen LogP contribution in [-0.2, 0) is 16.0 Å². The molecular formula is C14H17N3O2. The number of primary amides is 1.